The second-order valence-corrected chi connectivity index (χ2v) is 5.43. The Morgan fingerprint density at radius 3 is 2.90 bits per heavy atom. The van der Waals surface area contributed by atoms with E-state index in [0.29, 0.717) is 26.1 Å². The Labute approximate surface area is 122 Å². The molecule has 1 aromatic rings. The normalized spacial score (nSPS) is 20.9. The molecule has 120 valence electrons. The summed E-state index contributed by atoms with van der Waals surface area (Å²) in [7, 11) is 0. The maximum atomic E-state index is 12.7. The zero-order chi connectivity index (χ0) is 15.3. The summed E-state index contributed by atoms with van der Waals surface area (Å²) >= 11 is 0. The minimum absolute atomic E-state index is 0.0996. The molecule has 1 aliphatic rings. The molecule has 0 amide bonds. The fourth-order valence-electron chi connectivity index (χ4n) is 2.55. The molecule has 0 spiro atoms. The number of hydrogen-bond donors (Lipinski definition) is 1. The maximum Gasteiger partial charge on any atom is 0.393 e. The lowest BCUT2D eigenvalue weighted by Crippen LogP contribution is -2.42. The molecule has 0 radical (unpaired) electrons. The van der Waals surface area contributed by atoms with Gasteiger partial charge in [0.05, 0.1) is 18.2 Å². The Kier molecular flexibility index (Phi) is 5.58. The van der Waals surface area contributed by atoms with Crippen LogP contribution in [0.15, 0.2) is 6.20 Å². The maximum absolute atomic E-state index is 12.7. The van der Waals surface area contributed by atoms with Crippen LogP contribution in [0, 0.1) is 5.92 Å². The number of likely N-dealkylation sites (tertiary alicyclic amines) is 1. The fraction of sp³-hybridized carbons (Fsp3) is 0.846. The third kappa shape index (κ3) is 4.96. The third-order valence-electron chi connectivity index (χ3n) is 3.76. The van der Waals surface area contributed by atoms with E-state index < -0.39 is 12.1 Å². The molecule has 1 N–H and O–H groups in total. The van der Waals surface area contributed by atoms with Crippen LogP contribution in [0.2, 0.25) is 0 Å². The highest BCUT2D eigenvalue weighted by atomic mass is 19.4. The highest BCUT2D eigenvalue weighted by Crippen LogP contribution is 2.32. The van der Waals surface area contributed by atoms with Crippen molar-refractivity contribution >= 4 is 0 Å². The Morgan fingerprint density at radius 2 is 2.19 bits per heavy atom. The summed E-state index contributed by atoms with van der Waals surface area (Å²) < 4.78 is 39.9. The van der Waals surface area contributed by atoms with Crippen LogP contribution >= 0.6 is 0 Å². The number of alkyl halides is 3. The largest absolute Gasteiger partial charge is 0.393 e. The Balaban J connectivity index is 1.78. The number of aromatic nitrogens is 3. The van der Waals surface area contributed by atoms with Crippen LogP contribution in [0.3, 0.4) is 0 Å². The molecule has 0 aromatic carbocycles. The van der Waals surface area contributed by atoms with Gasteiger partial charge in [-0.1, -0.05) is 12.1 Å². The lowest BCUT2D eigenvalue weighted by atomic mass is 9.97. The van der Waals surface area contributed by atoms with Crippen molar-refractivity contribution in [1.82, 2.24) is 25.2 Å². The minimum atomic E-state index is -4.08. The van der Waals surface area contributed by atoms with Crippen molar-refractivity contribution in [3.05, 3.63) is 11.9 Å². The Morgan fingerprint density at radius 1 is 1.38 bits per heavy atom. The minimum Gasteiger partial charge on any atom is -0.311 e. The second kappa shape index (κ2) is 7.22. The molecule has 21 heavy (non-hydrogen) atoms. The van der Waals surface area contributed by atoms with Crippen molar-refractivity contribution in [2.24, 2.45) is 5.92 Å². The number of piperidine rings is 1. The van der Waals surface area contributed by atoms with Crippen molar-refractivity contribution in [2.75, 3.05) is 26.2 Å². The topological polar surface area (TPSA) is 46.0 Å². The predicted octanol–water partition coefficient (Wildman–Crippen LogP) is 1.66. The van der Waals surface area contributed by atoms with Crippen molar-refractivity contribution in [3.63, 3.8) is 0 Å². The van der Waals surface area contributed by atoms with E-state index in [1.165, 1.54) is 0 Å². The predicted molar refractivity (Wildman–Crippen MR) is 72.6 cm³/mol. The van der Waals surface area contributed by atoms with E-state index in [2.05, 4.69) is 15.6 Å². The van der Waals surface area contributed by atoms with Gasteiger partial charge >= 0.3 is 6.18 Å². The first-order valence-corrected chi connectivity index (χ1v) is 7.38. The first kappa shape index (κ1) is 16.2. The van der Waals surface area contributed by atoms with Crippen LogP contribution in [0.4, 0.5) is 13.2 Å². The van der Waals surface area contributed by atoms with E-state index in [-0.39, 0.29) is 13.0 Å². The van der Waals surface area contributed by atoms with Crippen molar-refractivity contribution in [1.29, 1.82) is 0 Å². The summed E-state index contributed by atoms with van der Waals surface area (Å²) in [6.07, 6.45) is -1.39. The molecule has 2 rings (SSSR count). The first-order chi connectivity index (χ1) is 9.99. The average Bonchev–Trinajstić information content (AvgIpc) is 2.90. The molecule has 1 aromatic heterocycles. The molecule has 0 bridgehead atoms. The van der Waals surface area contributed by atoms with Crippen LogP contribution < -0.4 is 5.32 Å². The van der Waals surface area contributed by atoms with Crippen LogP contribution in [-0.4, -0.2) is 52.2 Å². The molecule has 1 atom stereocenters. The summed E-state index contributed by atoms with van der Waals surface area (Å²) in [6.45, 7) is 5.52. The average molecular weight is 305 g/mol. The molecule has 0 saturated carbocycles. The summed E-state index contributed by atoms with van der Waals surface area (Å²) in [5.41, 5.74) is 0.851. The summed E-state index contributed by atoms with van der Waals surface area (Å²) in [5, 5.41) is 11.2. The highest BCUT2D eigenvalue weighted by Gasteiger charge is 2.41. The van der Waals surface area contributed by atoms with Crippen LogP contribution in [0.1, 0.15) is 25.5 Å². The highest BCUT2D eigenvalue weighted by molar-refractivity contribution is 4.91. The molecule has 8 heteroatoms. The van der Waals surface area contributed by atoms with Crippen LogP contribution in [0.5, 0.6) is 0 Å². The quantitative estimate of drug-likeness (QED) is 0.868. The molecule has 5 nitrogen and oxygen atoms in total. The summed E-state index contributed by atoms with van der Waals surface area (Å²) in [6, 6.07) is 0. The summed E-state index contributed by atoms with van der Waals surface area (Å²) in [5.74, 6) is -1.19. The Hall–Kier alpha value is -1.15. The standard InChI is InChI=1S/C13H22F3N5/c1-2-17-8-12-10-21(19-18-12)7-6-20-5-3-4-11(9-20)13(14,15)16/h10-11,17H,2-9H2,1H3. The van der Waals surface area contributed by atoms with Crippen molar-refractivity contribution in [2.45, 2.75) is 39.0 Å². The first-order valence-electron chi connectivity index (χ1n) is 7.38. The van der Waals surface area contributed by atoms with Gasteiger partial charge in [-0.3, -0.25) is 4.68 Å². The smallest absolute Gasteiger partial charge is 0.311 e. The van der Waals surface area contributed by atoms with E-state index in [0.717, 1.165) is 18.8 Å². The third-order valence-corrected chi connectivity index (χ3v) is 3.76. The van der Waals surface area contributed by atoms with Gasteiger partial charge in [-0.2, -0.15) is 13.2 Å². The van der Waals surface area contributed by atoms with Gasteiger partial charge in [-0.15, -0.1) is 5.10 Å². The number of halogens is 3. The SMILES string of the molecule is CCNCc1cn(CCN2CCCC(C(F)(F)F)C2)nn1. The van der Waals surface area contributed by atoms with Gasteiger partial charge < -0.3 is 10.2 Å². The lowest BCUT2D eigenvalue weighted by molar-refractivity contribution is -0.186. The lowest BCUT2D eigenvalue weighted by Gasteiger charge is -2.33. The van der Waals surface area contributed by atoms with Crippen LogP contribution in [-0.2, 0) is 13.1 Å². The van der Waals surface area contributed by atoms with E-state index in [1.807, 2.05) is 18.0 Å². The molecule has 1 fully saturated rings. The van der Waals surface area contributed by atoms with Gasteiger partial charge in [0, 0.05) is 25.8 Å². The van der Waals surface area contributed by atoms with Gasteiger partial charge in [0.25, 0.3) is 0 Å². The Bertz CT molecular complexity index is 432. The zero-order valence-corrected chi connectivity index (χ0v) is 12.2. The zero-order valence-electron chi connectivity index (χ0n) is 12.2. The van der Waals surface area contributed by atoms with Gasteiger partial charge in [0.2, 0.25) is 0 Å². The van der Waals surface area contributed by atoms with E-state index in [1.54, 1.807) is 4.68 Å². The molecular formula is C13H22F3N5. The molecular weight excluding hydrogens is 283 g/mol. The van der Waals surface area contributed by atoms with Crippen molar-refractivity contribution < 1.29 is 13.2 Å². The van der Waals surface area contributed by atoms with Crippen molar-refractivity contribution in [3.8, 4) is 0 Å². The summed E-state index contributed by atoms with van der Waals surface area (Å²) in [4.78, 5) is 1.87. The number of rotatable bonds is 6. The fourth-order valence-corrected chi connectivity index (χ4v) is 2.55. The van der Waals surface area contributed by atoms with Gasteiger partial charge in [-0.25, -0.2) is 0 Å². The number of nitrogens with zero attached hydrogens (tertiary/aromatic N) is 4. The molecule has 1 aliphatic heterocycles. The van der Waals surface area contributed by atoms with E-state index in [4.69, 9.17) is 0 Å². The van der Waals surface area contributed by atoms with Crippen LogP contribution in [0.25, 0.3) is 0 Å². The van der Waals surface area contributed by atoms with Gasteiger partial charge in [0.1, 0.15) is 0 Å². The number of hydrogen-bond acceptors (Lipinski definition) is 4. The molecule has 1 unspecified atom stereocenters. The van der Waals surface area contributed by atoms with E-state index >= 15 is 0 Å². The van der Waals surface area contributed by atoms with Gasteiger partial charge in [0.15, 0.2) is 0 Å². The van der Waals surface area contributed by atoms with E-state index in [9.17, 15) is 13.2 Å². The molecule has 0 aliphatic carbocycles. The monoisotopic (exact) mass is 305 g/mol. The number of nitrogens with one attached hydrogen (secondary N) is 1. The molecule has 2 heterocycles. The second-order valence-electron chi connectivity index (χ2n) is 5.43. The molecule has 1 saturated heterocycles. The van der Waals surface area contributed by atoms with Gasteiger partial charge in [-0.05, 0) is 25.9 Å².